The Hall–Kier alpha value is -4.86. The maximum atomic E-state index is 13.6. The number of amides is 3. The van der Waals surface area contributed by atoms with Crippen molar-refractivity contribution in [2.24, 2.45) is 5.92 Å². The van der Waals surface area contributed by atoms with Crippen molar-refractivity contribution in [3.05, 3.63) is 108 Å². The predicted molar refractivity (Wildman–Crippen MR) is 186 cm³/mol. The minimum Gasteiger partial charge on any atom is -0.497 e. The number of urea groups is 1. The van der Waals surface area contributed by atoms with Gasteiger partial charge >= 0.3 is 6.03 Å². The number of ether oxygens (including phenoxy) is 2. The summed E-state index contributed by atoms with van der Waals surface area (Å²) in [5.74, 6) is 1.18. The Morgan fingerprint density at radius 3 is 2.32 bits per heavy atom. The van der Waals surface area contributed by atoms with Crippen LogP contribution in [0.5, 0.6) is 11.5 Å². The highest BCUT2D eigenvalue weighted by Crippen LogP contribution is 2.30. The Bertz CT molecular complexity index is 1630. The lowest BCUT2D eigenvalue weighted by molar-refractivity contribution is -0.134. The molecule has 0 bridgehead atoms. The van der Waals surface area contributed by atoms with E-state index in [2.05, 4.69) is 65.9 Å². The molecule has 47 heavy (non-hydrogen) atoms. The summed E-state index contributed by atoms with van der Waals surface area (Å²) in [5, 5.41) is 15.7. The van der Waals surface area contributed by atoms with Crippen molar-refractivity contribution in [3.8, 4) is 22.6 Å². The van der Waals surface area contributed by atoms with Crippen molar-refractivity contribution in [2.45, 2.75) is 39.0 Å². The van der Waals surface area contributed by atoms with Crippen molar-refractivity contribution in [1.82, 2.24) is 9.80 Å². The molecule has 0 saturated heterocycles. The monoisotopic (exact) mass is 636 g/mol. The summed E-state index contributed by atoms with van der Waals surface area (Å²) in [6, 6.07) is 30.6. The quantitative estimate of drug-likeness (QED) is 0.189. The Labute approximate surface area is 277 Å². The summed E-state index contributed by atoms with van der Waals surface area (Å²) < 4.78 is 11.9. The molecule has 9 heteroatoms. The lowest BCUT2D eigenvalue weighted by Crippen LogP contribution is -2.47. The van der Waals surface area contributed by atoms with E-state index < -0.39 is 6.03 Å². The van der Waals surface area contributed by atoms with Gasteiger partial charge in [-0.3, -0.25) is 9.69 Å². The zero-order chi connectivity index (χ0) is 33.3. The predicted octanol–water partition coefficient (Wildman–Crippen LogP) is 6.29. The first-order chi connectivity index (χ1) is 22.7. The average molecular weight is 637 g/mol. The molecule has 1 heterocycles. The molecule has 0 aliphatic carbocycles. The molecule has 3 atom stereocenters. The molecule has 3 amide bonds. The molecule has 9 nitrogen and oxygen atoms in total. The van der Waals surface area contributed by atoms with Crippen LogP contribution in [0.3, 0.4) is 0 Å². The summed E-state index contributed by atoms with van der Waals surface area (Å²) in [5.41, 5.74) is 5.38. The van der Waals surface area contributed by atoms with Gasteiger partial charge in [-0.15, -0.1) is 0 Å². The normalized spacial score (nSPS) is 17.1. The van der Waals surface area contributed by atoms with E-state index in [4.69, 9.17) is 9.47 Å². The second kappa shape index (κ2) is 15.6. The van der Waals surface area contributed by atoms with Gasteiger partial charge in [0, 0.05) is 42.5 Å². The molecule has 0 radical (unpaired) electrons. The molecule has 3 N–H and O–H groups in total. The SMILES string of the molecule is COc1ccc(NC(=O)Nc2ccc3c(c2)CC(=O)N([C@@H](C)CO)C[C@@H](C)[C@@H](CN(C)Cc2ccc(-c4ccccc4)cc2)O3)cc1. The first kappa shape index (κ1) is 33.5. The summed E-state index contributed by atoms with van der Waals surface area (Å²) in [4.78, 5) is 30.4. The number of carbonyl (C=O) groups is 2. The molecule has 4 aromatic carbocycles. The second-order valence-corrected chi connectivity index (χ2v) is 12.3. The number of nitrogens with zero attached hydrogens (tertiary/aromatic N) is 2. The number of hydrogen-bond acceptors (Lipinski definition) is 6. The van der Waals surface area contributed by atoms with Gasteiger partial charge < -0.3 is 30.1 Å². The van der Waals surface area contributed by atoms with Crippen LogP contribution in [0.4, 0.5) is 16.2 Å². The van der Waals surface area contributed by atoms with Crippen LogP contribution in [-0.4, -0.2) is 72.8 Å². The molecule has 1 aliphatic heterocycles. The maximum Gasteiger partial charge on any atom is 0.323 e. The number of carbonyl (C=O) groups excluding carboxylic acids is 2. The highest BCUT2D eigenvalue weighted by molar-refractivity contribution is 6.00. The van der Waals surface area contributed by atoms with Crippen molar-refractivity contribution in [3.63, 3.8) is 0 Å². The molecular weight excluding hydrogens is 592 g/mol. The fourth-order valence-corrected chi connectivity index (χ4v) is 5.81. The number of likely N-dealkylation sites (N-methyl/N-ethyl adjacent to an activating group) is 1. The fourth-order valence-electron chi connectivity index (χ4n) is 5.81. The van der Waals surface area contributed by atoms with Crippen LogP contribution in [-0.2, 0) is 17.8 Å². The number of rotatable bonds is 10. The molecule has 4 aromatic rings. The number of nitrogens with one attached hydrogen (secondary N) is 2. The maximum absolute atomic E-state index is 13.6. The van der Waals surface area contributed by atoms with Gasteiger partial charge in [0.15, 0.2) is 0 Å². The lowest BCUT2D eigenvalue weighted by atomic mass is 10.0. The third-order valence-electron chi connectivity index (χ3n) is 8.53. The van der Waals surface area contributed by atoms with Gasteiger partial charge in [-0.1, -0.05) is 61.5 Å². The standard InChI is InChI=1S/C38H44N4O5/c1-26-22-42(27(2)25-43)37(44)21-31-20-33(40-38(45)39-32-14-17-34(46-4)18-15-32)16-19-35(31)47-36(26)24-41(3)23-28-10-12-30(13-11-28)29-8-6-5-7-9-29/h5-20,26-27,36,43H,21-25H2,1-4H3,(H2,39,40,45)/t26-,27+,36-/m1/s1. The summed E-state index contributed by atoms with van der Waals surface area (Å²) in [6.07, 6.45) is -0.156. The topological polar surface area (TPSA) is 103 Å². The third kappa shape index (κ3) is 8.90. The van der Waals surface area contributed by atoms with Crippen LogP contribution in [0.1, 0.15) is 25.0 Å². The number of fused-ring (bicyclic) bond motifs is 1. The molecule has 0 saturated carbocycles. The number of aliphatic hydroxyl groups is 1. The van der Waals surface area contributed by atoms with Crippen molar-refractivity contribution < 1.29 is 24.2 Å². The third-order valence-corrected chi connectivity index (χ3v) is 8.53. The highest BCUT2D eigenvalue weighted by atomic mass is 16.5. The van der Waals surface area contributed by atoms with Crippen molar-refractivity contribution in [2.75, 3.05) is 44.5 Å². The zero-order valence-corrected chi connectivity index (χ0v) is 27.5. The number of aliphatic hydroxyl groups excluding tert-OH is 1. The summed E-state index contributed by atoms with van der Waals surface area (Å²) >= 11 is 0. The number of anilines is 2. The smallest absolute Gasteiger partial charge is 0.323 e. The Morgan fingerprint density at radius 1 is 0.979 bits per heavy atom. The summed E-state index contributed by atoms with van der Waals surface area (Å²) in [7, 11) is 3.66. The van der Waals surface area contributed by atoms with E-state index in [0.717, 1.165) is 6.54 Å². The molecular formula is C38H44N4O5. The minimum atomic E-state index is -0.411. The van der Waals surface area contributed by atoms with Crippen LogP contribution in [0, 0.1) is 5.92 Å². The molecule has 1 aliphatic rings. The van der Waals surface area contributed by atoms with Gasteiger partial charge in [-0.05, 0) is 73.1 Å². The number of methoxy groups -OCH3 is 1. The van der Waals surface area contributed by atoms with E-state index in [0.29, 0.717) is 41.5 Å². The molecule has 0 aromatic heterocycles. The van der Waals surface area contributed by atoms with Crippen LogP contribution in [0.2, 0.25) is 0 Å². The van der Waals surface area contributed by atoms with Gasteiger partial charge in [0.1, 0.15) is 17.6 Å². The van der Waals surface area contributed by atoms with Gasteiger partial charge in [-0.25, -0.2) is 4.79 Å². The van der Waals surface area contributed by atoms with Gasteiger partial charge in [0.05, 0.1) is 26.2 Å². The van der Waals surface area contributed by atoms with Crippen LogP contribution >= 0.6 is 0 Å². The molecule has 5 rings (SSSR count). The van der Waals surface area contributed by atoms with E-state index in [1.807, 2.05) is 31.2 Å². The second-order valence-electron chi connectivity index (χ2n) is 12.3. The van der Waals surface area contributed by atoms with Crippen LogP contribution in [0.25, 0.3) is 11.1 Å². The van der Waals surface area contributed by atoms with Crippen molar-refractivity contribution >= 4 is 23.3 Å². The van der Waals surface area contributed by atoms with Crippen LogP contribution in [0.15, 0.2) is 97.1 Å². The lowest BCUT2D eigenvalue weighted by Gasteiger charge is -2.34. The minimum absolute atomic E-state index is 0.0186. The molecule has 0 spiro atoms. The van der Waals surface area contributed by atoms with Crippen molar-refractivity contribution in [1.29, 1.82) is 0 Å². The largest absolute Gasteiger partial charge is 0.497 e. The molecule has 0 unspecified atom stereocenters. The van der Waals surface area contributed by atoms with E-state index in [1.165, 1.54) is 16.7 Å². The number of hydrogen-bond donors (Lipinski definition) is 3. The molecule has 0 fully saturated rings. The fraction of sp³-hybridized carbons (Fsp3) is 0.316. The average Bonchev–Trinajstić information content (AvgIpc) is 3.12. The van der Waals surface area contributed by atoms with E-state index >= 15 is 0 Å². The van der Waals surface area contributed by atoms with Gasteiger partial charge in [0.25, 0.3) is 0 Å². The van der Waals surface area contributed by atoms with Gasteiger partial charge in [0.2, 0.25) is 5.91 Å². The van der Waals surface area contributed by atoms with Crippen LogP contribution < -0.4 is 20.1 Å². The first-order valence-electron chi connectivity index (χ1n) is 16.0. The first-order valence-corrected chi connectivity index (χ1v) is 16.0. The van der Waals surface area contributed by atoms with Gasteiger partial charge in [-0.2, -0.15) is 0 Å². The Kier molecular flexibility index (Phi) is 11.1. The van der Waals surface area contributed by atoms with E-state index in [9.17, 15) is 14.7 Å². The Balaban J connectivity index is 1.32. The zero-order valence-electron chi connectivity index (χ0n) is 27.5. The molecule has 246 valence electrons. The summed E-state index contributed by atoms with van der Waals surface area (Å²) in [6.45, 7) is 5.61. The highest BCUT2D eigenvalue weighted by Gasteiger charge is 2.31. The van der Waals surface area contributed by atoms with E-state index in [-0.39, 0.29) is 37.0 Å². The van der Waals surface area contributed by atoms with E-state index in [1.54, 1.807) is 48.4 Å². The Morgan fingerprint density at radius 2 is 1.64 bits per heavy atom. The number of benzene rings is 4.